The average Bonchev–Trinajstić information content (AvgIpc) is 3.06. The van der Waals surface area contributed by atoms with Crippen LogP contribution >= 0.6 is 0 Å². The second-order valence-electron chi connectivity index (χ2n) is 6.18. The number of hydrogen-bond donors (Lipinski definition) is 2. The van der Waals surface area contributed by atoms with Crippen LogP contribution in [0.2, 0.25) is 0 Å². The van der Waals surface area contributed by atoms with E-state index in [-0.39, 0.29) is 24.1 Å². The molecule has 2 heterocycles. The molecule has 2 aromatic rings. The van der Waals surface area contributed by atoms with Crippen molar-refractivity contribution in [3.05, 3.63) is 53.1 Å². The number of aliphatic hydroxyl groups is 1. The zero-order valence-corrected chi connectivity index (χ0v) is 13.0. The van der Waals surface area contributed by atoms with Crippen molar-refractivity contribution in [3.63, 3.8) is 0 Å². The Kier molecular flexibility index (Phi) is 4.43. The Morgan fingerprint density at radius 3 is 2.96 bits per heavy atom. The molecule has 1 aromatic heterocycles. The summed E-state index contributed by atoms with van der Waals surface area (Å²) < 4.78 is 13.2. The van der Waals surface area contributed by atoms with Crippen LogP contribution in [0.25, 0.3) is 0 Å². The van der Waals surface area contributed by atoms with E-state index in [0.29, 0.717) is 25.1 Å². The van der Waals surface area contributed by atoms with Crippen molar-refractivity contribution in [2.45, 2.75) is 25.9 Å². The van der Waals surface area contributed by atoms with Crippen molar-refractivity contribution < 1.29 is 14.3 Å². The maximum absolute atomic E-state index is 13.2. The molecule has 2 atom stereocenters. The molecule has 0 radical (unpaired) electrons. The number of aliphatic hydroxyl groups excluding tert-OH is 1. The monoisotopic (exact) mass is 317 g/mol. The molecule has 1 saturated heterocycles. The second kappa shape index (κ2) is 6.50. The number of benzene rings is 1. The summed E-state index contributed by atoms with van der Waals surface area (Å²) in [5.74, 6) is -0.451. The molecular formula is C17H20FN3O2. The predicted octanol–water partition coefficient (Wildman–Crippen LogP) is 1.46. The summed E-state index contributed by atoms with van der Waals surface area (Å²) in [6, 6.07) is 8.00. The topological polar surface area (TPSA) is 69.2 Å². The van der Waals surface area contributed by atoms with Crippen LogP contribution in [0.15, 0.2) is 30.3 Å². The van der Waals surface area contributed by atoms with Crippen LogP contribution in [0.4, 0.5) is 4.39 Å². The largest absolute Gasteiger partial charge is 0.391 e. The Bertz CT molecular complexity index is 701. The molecule has 6 heteroatoms. The Morgan fingerprint density at radius 2 is 2.26 bits per heavy atom. The highest BCUT2D eigenvalue weighted by atomic mass is 19.1. The number of aryl methyl sites for hydroxylation is 1. The molecule has 0 saturated carbocycles. The quantitative estimate of drug-likeness (QED) is 0.897. The third kappa shape index (κ3) is 3.76. The van der Waals surface area contributed by atoms with Gasteiger partial charge in [-0.05, 0) is 37.1 Å². The summed E-state index contributed by atoms with van der Waals surface area (Å²) in [5, 5.41) is 17.3. The lowest BCUT2D eigenvalue weighted by molar-refractivity contribution is -0.129. The minimum atomic E-state index is -0.552. The number of aromatic amines is 1. The van der Waals surface area contributed by atoms with Crippen LogP contribution in [0, 0.1) is 18.7 Å². The van der Waals surface area contributed by atoms with Crippen LogP contribution < -0.4 is 0 Å². The number of amides is 1. The molecule has 5 nitrogen and oxygen atoms in total. The average molecular weight is 317 g/mol. The van der Waals surface area contributed by atoms with E-state index in [0.717, 1.165) is 11.4 Å². The number of rotatable bonds is 4. The fraction of sp³-hybridized carbons (Fsp3) is 0.412. The second-order valence-corrected chi connectivity index (χ2v) is 6.18. The molecule has 2 unspecified atom stereocenters. The third-order valence-electron chi connectivity index (χ3n) is 4.23. The van der Waals surface area contributed by atoms with E-state index < -0.39 is 6.10 Å². The van der Waals surface area contributed by atoms with Crippen molar-refractivity contribution >= 4 is 5.91 Å². The van der Waals surface area contributed by atoms with Crippen LogP contribution in [-0.2, 0) is 17.6 Å². The Hall–Kier alpha value is -2.21. The molecule has 0 aliphatic carbocycles. The molecule has 1 fully saturated rings. The first-order chi connectivity index (χ1) is 11.0. The number of carbonyl (C=O) groups is 1. The van der Waals surface area contributed by atoms with E-state index >= 15 is 0 Å². The molecule has 1 aliphatic heterocycles. The minimum Gasteiger partial charge on any atom is -0.391 e. The Labute approximate surface area is 134 Å². The lowest BCUT2D eigenvalue weighted by atomic mass is 10.0. The normalized spacial score (nSPS) is 20.9. The van der Waals surface area contributed by atoms with Gasteiger partial charge in [0.25, 0.3) is 0 Å². The minimum absolute atomic E-state index is 0.0193. The van der Waals surface area contributed by atoms with E-state index in [2.05, 4.69) is 10.2 Å². The van der Waals surface area contributed by atoms with Gasteiger partial charge in [0, 0.05) is 24.7 Å². The number of carbonyl (C=O) groups excluding carboxylic acids is 1. The molecule has 122 valence electrons. The van der Waals surface area contributed by atoms with Gasteiger partial charge in [0.05, 0.1) is 18.2 Å². The number of β-amino-alcohol motifs (C(OH)–C–C–N with tert-alkyl or cyclic N) is 1. The lowest BCUT2D eigenvalue weighted by Crippen LogP contribution is -2.31. The molecule has 0 spiro atoms. The van der Waals surface area contributed by atoms with E-state index in [1.165, 1.54) is 12.1 Å². The van der Waals surface area contributed by atoms with E-state index in [1.54, 1.807) is 17.0 Å². The van der Waals surface area contributed by atoms with Crippen LogP contribution in [0.3, 0.4) is 0 Å². The zero-order chi connectivity index (χ0) is 16.4. The first kappa shape index (κ1) is 15.7. The number of aromatic nitrogens is 2. The van der Waals surface area contributed by atoms with Gasteiger partial charge in [0.1, 0.15) is 5.82 Å². The summed E-state index contributed by atoms with van der Waals surface area (Å²) >= 11 is 0. The highest BCUT2D eigenvalue weighted by Gasteiger charge is 2.34. The number of nitrogens with zero attached hydrogens (tertiary/aromatic N) is 2. The van der Waals surface area contributed by atoms with Gasteiger partial charge in [-0.3, -0.25) is 9.89 Å². The zero-order valence-electron chi connectivity index (χ0n) is 13.0. The number of H-pyrrole nitrogens is 1. The van der Waals surface area contributed by atoms with Crippen molar-refractivity contribution in [3.8, 4) is 0 Å². The maximum Gasteiger partial charge on any atom is 0.227 e. The van der Waals surface area contributed by atoms with Crippen LogP contribution in [0.1, 0.15) is 17.0 Å². The lowest BCUT2D eigenvalue weighted by Gasteiger charge is -2.16. The molecule has 23 heavy (non-hydrogen) atoms. The molecule has 1 amide bonds. The summed E-state index contributed by atoms with van der Waals surface area (Å²) in [7, 11) is 0. The Balaban J connectivity index is 1.60. The van der Waals surface area contributed by atoms with E-state index in [4.69, 9.17) is 0 Å². The first-order valence-corrected chi connectivity index (χ1v) is 7.72. The molecule has 3 rings (SSSR count). The number of hydrogen-bond acceptors (Lipinski definition) is 3. The predicted molar refractivity (Wildman–Crippen MR) is 83.2 cm³/mol. The number of likely N-dealkylation sites (tertiary alicyclic amines) is 1. The number of halogens is 1. The maximum atomic E-state index is 13.2. The summed E-state index contributed by atoms with van der Waals surface area (Å²) in [4.78, 5) is 14.0. The molecule has 2 N–H and O–H groups in total. The fourth-order valence-electron chi connectivity index (χ4n) is 3.04. The Morgan fingerprint density at radius 1 is 1.43 bits per heavy atom. The van der Waals surface area contributed by atoms with Crippen molar-refractivity contribution in [2.75, 3.05) is 13.1 Å². The van der Waals surface area contributed by atoms with Crippen LogP contribution in [0.5, 0.6) is 0 Å². The van der Waals surface area contributed by atoms with Gasteiger partial charge in [-0.2, -0.15) is 5.10 Å². The van der Waals surface area contributed by atoms with Crippen LogP contribution in [-0.4, -0.2) is 45.3 Å². The molecule has 0 bridgehead atoms. The van der Waals surface area contributed by atoms with Gasteiger partial charge in [-0.15, -0.1) is 0 Å². The summed E-state index contributed by atoms with van der Waals surface area (Å²) in [6.45, 7) is 2.75. The highest BCUT2D eigenvalue weighted by molar-refractivity contribution is 5.79. The third-order valence-corrected chi connectivity index (χ3v) is 4.23. The van der Waals surface area contributed by atoms with E-state index in [1.807, 2.05) is 13.0 Å². The van der Waals surface area contributed by atoms with Gasteiger partial charge in [0.2, 0.25) is 5.91 Å². The van der Waals surface area contributed by atoms with Gasteiger partial charge in [-0.25, -0.2) is 4.39 Å². The van der Waals surface area contributed by atoms with Gasteiger partial charge in [0.15, 0.2) is 0 Å². The van der Waals surface area contributed by atoms with Crippen molar-refractivity contribution in [2.24, 2.45) is 5.92 Å². The smallest absolute Gasteiger partial charge is 0.227 e. The van der Waals surface area contributed by atoms with Crippen molar-refractivity contribution in [1.29, 1.82) is 0 Å². The van der Waals surface area contributed by atoms with Gasteiger partial charge >= 0.3 is 0 Å². The van der Waals surface area contributed by atoms with E-state index in [9.17, 15) is 14.3 Å². The fourth-order valence-corrected chi connectivity index (χ4v) is 3.04. The first-order valence-electron chi connectivity index (χ1n) is 7.72. The standard InChI is InChI=1S/C17H20FN3O2/c1-11-5-15(20-19-11)8-13-9-21(10-16(13)22)17(23)7-12-3-2-4-14(18)6-12/h2-6,13,16,22H,7-10H2,1H3,(H,19,20). The highest BCUT2D eigenvalue weighted by Crippen LogP contribution is 2.22. The van der Waals surface area contributed by atoms with Gasteiger partial charge < -0.3 is 10.0 Å². The SMILES string of the molecule is Cc1cc(CC2CN(C(=O)Cc3cccc(F)c3)CC2O)n[nH]1. The van der Waals surface area contributed by atoms with Gasteiger partial charge in [-0.1, -0.05) is 12.1 Å². The van der Waals surface area contributed by atoms with Crippen molar-refractivity contribution in [1.82, 2.24) is 15.1 Å². The molecule has 1 aliphatic rings. The molecular weight excluding hydrogens is 297 g/mol. The summed E-state index contributed by atoms with van der Waals surface area (Å²) in [6.07, 6.45) is 0.233. The number of nitrogens with one attached hydrogen (secondary N) is 1. The summed E-state index contributed by atoms with van der Waals surface area (Å²) in [5.41, 5.74) is 2.52. The molecule has 1 aromatic carbocycles.